The lowest BCUT2D eigenvalue weighted by molar-refractivity contribution is -0.384. The average Bonchev–Trinajstić information content (AvgIpc) is 2.42. The molecule has 0 amide bonds. The summed E-state index contributed by atoms with van der Waals surface area (Å²) in [5.74, 6) is 1.15. The van der Waals surface area contributed by atoms with Crippen LogP contribution in [0.5, 0.6) is 5.75 Å². The van der Waals surface area contributed by atoms with Crippen LogP contribution in [0.3, 0.4) is 0 Å². The first-order valence-electron chi connectivity index (χ1n) is 7.85. The van der Waals surface area contributed by atoms with E-state index in [0.29, 0.717) is 5.92 Å². The Morgan fingerprint density at radius 3 is 2.23 bits per heavy atom. The minimum absolute atomic E-state index is 0.109. The topological polar surface area (TPSA) is 52.4 Å². The standard InChI is InChI=1S/C18H29NO3/c1-8-14(18(5,6)17(2,3)4)11-13-12-15(19(20)21)9-10-16(13)22-7/h9-10,12,14H,8,11H2,1-7H3. The molecule has 4 heteroatoms. The summed E-state index contributed by atoms with van der Waals surface area (Å²) >= 11 is 0. The van der Waals surface area contributed by atoms with Gasteiger partial charge in [-0.05, 0) is 29.2 Å². The van der Waals surface area contributed by atoms with Crippen LogP contribution in [0.1, 0.15) is 53.5 Å². The van der Waals surface area contributed by atoms with E-state index in [4.69, 9.17) is 4.74 Å². The molecule has 0 fully saturated rings. The summed E-state index contributed by atoms with van der Waals surface area (Å²) in [6.45, 7) is 13.5. The largest absolute Gasteiger partial charge is 0.496 e. The second-order valence-corrected chi connectivity index (χ2v) is 7.53. The first-order chi connectivity index (χ1) is 10.0. The molecule has 1 aromatic carbocycles. The van der Waals surface area contributed by atoms with Crippen molar-refractivity contribution in [3.8, 4) is 5.75 Å². The quantitative estimate of drug-likeness (QED) is 0.533. The number of methoxy groups -OCH3 is 1. The average molecular weight is 307 g/mol. The number of nitro groups is 1. The van der Waals surface area contributed by atoms with Gasteiger partial charge in [-0.15, -0.1) is 0 Å². The van der Waals surface area contributed by atoms with Crippen LogP contribution in [0.2, 0.25) is 0 Å². The molecular weight excluding hydrogens is 278 g/mol. The van der Waals surface area contributed by atoms with Gasteiger partial charge in [-0.1, -0.05) is 48.0 Å². The van der Waals surface area contributed by atoms with Crippen LogP contribution >= 0.6 is 0 Å². The molecular formula is C18H29NO3. The molecule has 22 heavy (non-hydrogen) atoms. The van der Waals surface area contributed by atoms with Crippen molar-refractivity contribution in [2.75, 3.05) is 7.11 Å². The maximum Gasteiger partial charge on any atom is 0.269 e. The molecule has 1 unspecified atom stereocenters. The van der Waals surface area contributed by atoms with E-state index in [-0.39, 0.29) is 21.4 Å². The lowest BCUT2D eigenvalue weighted by Gasteiger charge is -2.45. The van der Waals surface area contributed by atoms with Crippen molar-refractivity contribution in [2.24, 2.45) is 16.7 Å². The fourth-order valence-corrected chi connectivity index (χ4v) is 2.83. The Morgan fingerprint density at radius 2 is 1.82 bits per heavy atom. The first kappa shape index (κ1) is 18.5. The summed E-state index contributed by atoms with van der Waals surface area (Å²) in [5, 5.41) is 11.0. The Balaban J connectivity index is 3.20. The SMILES string of the molecule is CCC(Cc1cc([N+](=O)[O-])ccc1OC)C(C)(C)C(C)(C)C. The monoisotopic (exact) mass is 307 g/mol. The van der Waals surface area contributed by atoms with Gasteiger partial charge in [0, 0.05) is 17.7 Å². The Hall–Kier alpha value is -1.58. The molecule has 1 rings (SSSR count). The molecule has 0 N–H and O–H groups in total. The van der Waals surface area contributed by atoms with E-state index in [1.165, 1.54) is 6.07 Å². The molecule has 0 aliphatic rings. The molecule has 0 heterocycles. The number of benzene rings is 1. The number of hydrogen-bond acceptors (Lipinski definition) is 3. The minimum atomic E-state index is -0.348. The van der Waals surface area contributed by atoms with E-state index >= 15 is 0 Å². The van der Waals surface area contributed by atoms with Crippen molar-refractivity contribution >= 4 is 5.69 Å². The highest BCUT2D eigenvalue weighted by Crippen LogP contribution is 2.47. The summed E-state index contributed by atoms with van der Waals surface area (Å²) in [5.41, 5.74) is 1.30. The highest BCUT2D eigenvalue weighted by molar-refractivity contribution is 5.44. The van der Waals surface area contributed by atoms with Gasteiger partial charge in [0.15, 0.2) is 0 Å². The number of ether oxygens (including phenoxy) is 1. The molecule has 0 aliphatic carbocycles. The van der Waals surface area contributed by atoms with E-state index in [1.54, 1.807) is 19.2 Å². The molecule has 124 valence electrons. The Kier molecular flexibility index (Phi) is 5.60. The third-order valence-electron chi connectivity index (χ3n) is 5.39. The van der Waals surface area contributed by atoms with Crippen molar-refractivity contribution in [3.63, 3.8) is 0 Å². The lowest BCUT2D eigenvalue weighted by Crippen LogP contribution is -2.38. The fourth-order valence-electron chi connectivity index (χ4n) is 2.83. The zero-order valence-corrected chi connectivity index (χ0v) is 14.9. The third kappa shape index (κ3) is 3.79. The summed E-state index contributed by atoms with van der Waals surface area (Å²) in [6, 6.07) is 4.85. The highest BCUT2D eigenvalue weighted by Gasteiger charge is 2.39. The molecule has 0 radical (unpaired) electrons. The van der Waals surface area contributed by atoms with E-state index < -0.39 is 0 Å². The van der Waals surface area contributed by atoms with Crippen LogP contribution in [-0.2, 0) is 6.42 Å². The smallest absolute Gasteiger partial charge is 0.269 e. The van der Waals surface area contributed by atoms with Crippen LogP contribution in [0.4, 0.5) is 5.69 Å². The Labute approximate surface area is 134 Å². The molecule has 0 spiro atoms. The molecule has 1 atom stereocenters. The second-order valence-electron chi connectivity index (χ2n) is 7.53. The number of non-ortho nitro benzene ring substituents is 1. The lowest BCUT2D eigenvalue weighted by atomic mass is 9.60. The van der Waals surface area contributed by atoms with Gasteiger partial charge in [0.25, 0.3) is 5.69 Å². The Morgan fingerprint density at radius 1 is 1.23 bits per heavy atom. The summed E-state index contributed by atoms with van der Waals surface area (Å²) < 4.78 is 5.40. The molecule has 0 aliphatic heterocycles. The minimum Gasteiger partial charge on any atom is -0.496 e. The van der Waals surface area contributed by atoms with Gasteiger partial charge in [0.05, 0.1) is 12.0 Å². The number of hydrogen-bond donors (Lipinski definition) is 0. The molecule has 0 bridgehead atoms. The van der Waals surface area contributed by atoms with Gasteiger partial charge in [-0.25, -0.2) is 0 Å². The van der Waals surface area contributed by atoms with Crippen molar-refractivity contribution in [1.82, 2.24) is 0 Å². The van der Waals surface area contributed by atoms with Crippen LogP contribution in [0.15, 0.2) is 18.2 Å². The predicted molar refractivity (Wildman–Crippen MR) is 90.4 cm³/mol. The van der Waals surface area contributed by atoms with Gasteiger partial charge in [0.2, 0.25) is 0 Å². The van der Waals surface area contributed by atoms with Gasteiger partial charge in [-0.2, -0.15) is 0 Å². The normalized spacial score (nSPS) is 13.8. The maximum absolute atomic E-state index is 11.0. The van der Waals surface area contributed by atoms with E-state index in [0.717, 1.165) is 24.2 Å². The van der Waals surface area contributed by atoms with Crippen LogP contribution in [0, 0.1) is 26.9 Å². The van der Waals surface area contributed by atoms with Gasteiger partial charge in [-0.3, -0.25) is 10.1 Å². The fraction of sp³-hybridized carbons (Fsp3) is 0.667. The number of nitro benzene ring substituents is 1. The summed E-state index contributed by atoms with van der Waals surface area (Å²) in [4.78, 5) is 10.7. The van der Waals surface area contributed by atoms with Crippen molar-refractivity contribution in [1.29, 1.82) is 0 Å². The maximum atomic E-state index is 11.0. The van der Waals surface area contributed by atoms with Gasteiger partial charge >= 0.3 is 0 Å². The summed E-state index contributed by atoms with van der Waals surface area (Å²) in [6.07, 6.45) is 1.81. The molecule has 0 saturated heterocycles. The predicted octanol–water partition coefficient (Wildman–Crippen LogP) is 5.24. The number of rotatable bonds is 6. The third-order valence-corrected chi connectivity index (χ3v) is 5.39. The molecule has 4 nitrogen and oxygen atoms in total. The van der Waals surface area contributed by atoms with E-state index in [9.17, 15) is 10.1 Å². The van der Waals surface area contributed by atoms with Crippen LogP contribution in [0.25, 0.3) is 0 Å². The molecule has 0 saturated carbocycles. The molecule has 0 aromatic heterocycles. The van der Waals surface area contributed by atoms with Crippen LogP contribution < -0.4 is 4.74 Å². The highest BCUT2D eigenvalue weighted by atomic mass is 16.6. The van der Waals surface area contributed by atoms with Crippen molar-refractivity contribution in [2.45, 2.75) is 54.4 Å². The Bertz CT molecular complexity index is 530. The first-order valence-corrected chi connectivity index (χ1v) is 7.85. The van der Waals surface area contributed by atoms with E-state index in [1.807, 2.05) is 0 Å². The second kappa shape index (κ2) is 6.67. The van der Waals surface area contributed by atoms with Crippen LogP contribution in [-0.4, -0.2) is 12.0 Å². The zero-order chi connectivity index (χ0) is 17.1. The van der Waals surface area contributed by atoms with Gasteiger partial charge in [0.1, 0.15) is 5.75 Å². The van der Waals surface area contributed by atoms with Crippen molar-refractivity contribution < 1.29 is 9.66 Å². The van der Waals surface area contributed by atoms with Crippen molar-refractivity contribution in [3.05, 3.63) is 33.9 Å². The summed E-state index contributed by atoms with van der Waals surface area (Å²) in [7, 11) is 1.61. The molecule has 1 aromatic rings. The number of nitrogens with zero attached hydrogens (tertiary/aromatic N) is 1. The van der Waals surface area contributed by atoms with E-state index in [2.05, 4.69) is 41.5 Å². The zero-order valence-electron chi connectivity index (χ0n) is 14.9. The van der Waals surface area contributed by atoms with Gasteiger partial charge < -0.3 is 4.74 Å².